The summed E-state index contributed by atoms with van der Waals surface area (Å²) in [6.45, 7) is 0. The number of amides is 2. The minimum Gasteiger partial charge on any atom is -0.245 e. The van der Waals surface area contributed by atoms with Crippen molar-refractivity contribution in [3.8, 4) is 0 Å². The van der Waals surface area contributed by atoms with Crippen molar-refractivity contribution < 1.29 is 4.79 Å². The van der Waals surface area contributed by atoms with Crippen molar-refractivity contribution in [3.63, 3.8) is 0 Å². The standard InChI is InChI=1S/C15H10Cl4N4O/c16-11-3-1-9(13(18)5-11)7-20-22-15(24)23-21-8-10-2-4-12(17)6-14(10)19/h1-8H,(H2,22,23,24)/b20-7-,21-8?. The van der Waals surface area contributed by atoms with Gasteiger partial charge in [0, 0.05) is 21.2 Å². The largest absolute Gasteiger partial charge is 0.355 e. The van der Waals surface area contributed by atoms with Gasteiger partial charge < -0.3 is 0 Å². The second-order valence-electron chi connectivity index (χ2n) is 4.40. The number of carbonyl (C=O) groups excluding carboxylic acids is 1. The number of nitrogens with zero attached hydrogens (tertiary/aromatic N) is 2. The van der Waals surface area contributed by atoms with E-state index in [1.165, 1.54) is 12.4 Å². The summed E-state index contributed by atoms with van der Waals surface area (Å²) in [6.07, 6.45) is 2.77. The van der Waals surface area contributed by atoms with E-state index in [0.29, 0.717) is 31.2 Å². The molecule has 24 heavy (non-hydrogen) atoms. The van der Waals surface area contributed by atoms with Crippen LogP contribution < -0.4 is 10.9 Å². The molecule has 0 saturated carbocycles. The van der Waals surface area contributed by atoms with Gasteiger partial charge in [-0.05, 0) is 24.3 Å². The topological polar surface area (TPSA) is 65.8 Å². The molecule has 0 aliphatic heterocycles. The highest BCUT2D eigenvalue weighted by Crippen LogP contribution is 2.20. The lowest BCUT2D eigenvalue weighted by Crippen LogP contribution is -2.28. The maximum atomic E-state index is 11.5. The molecule has 0 radical (unpaired) electrons. The zero-order valence-corrected chi connectivity index (χ0v) is 15.0. The fraction of sp³-hybridized carbons (Fsp3) is 0. The van der Waals surface area contributed by atoms with Crippen LogP contribution in [0.1, 0.15) is 11.1 Å². The fourth-order valence-electron chi connectivity index (χ4n) is 1.56. The summed E-state index contributed by atoms with van der Waals surface area (Å²) in [5, 5.41) is 9.37. The maximum Gasteiger partial charge on any atom is 0.355 e. The first kappa shape index (κ1) is 18.5. The molecule has 5 nitrogen and oxygen atoms in total. The van der Waals surface area contributed by atoms with Gasteiger partial charge in [-0.15, -0.1) is 0 Å². The summed E-state index contributed by atoms with van der Waals surface area (Å²) in [5.74, 6) is 0. The lowest BCUT2D eigenvalue weighted by molar-refractivity contribution is 0.242. The maximum absolute atomic E-state index is 11.5. The zero-order valence-electron chi connectivity index (χ0n) is 11.9. The number of hydrogen-bond acceptors (Lipinski definition) is 3. The van der Waals surface area contributed by atoms with Crippen molar-refractivity contribution in [2.24, 2.45) is 10.2 Å². The number of carbonyl (C=O) groups is 1. The van der Waals surface area contributed by atoms with E-state index < -0.39 is 6.03 Å². The Bertz CT molecular complexity index is 743. The molecule has 0 aliphatic carbocycles. The summed E-state index contributed by atoms with van der Waals surface area (Å²) in [4.78, 5) is 11.5. The molecule has 0 unspecified atom stereocenters. The quantitative estimate of drug-likeness (QED) is 0.549. The molecule has 0 heterocycles. The van der Waals surface area contributed by atoms with Crippen LogP contribution in [0.15, 0.2) is 46.6 Å². The molecule has 2 rings (SSSR count). The number of hydrogen-bond donors (Lipinski definition) is 2. The molecule has 0 bridgehead atoms. The van der Waals surface area contributed by atoms with Crippen LogP contribution in [0.5, 0.6) is 0 Å². The van der Waals surface area contributed by atoms with E-state index in [0.717, 1.165) is 0 Å². The summed E-state index contributed by atoms with van der Waals surface area (Å²) >= 11 is 23.5. The molecule has 0 aliphatic rings. The van der Waals surface area contributed by atoms with E-state index in [4.69, 9.17) is 46.4 Å². The molecule has 0 saturated heterocycles. The number of benzene rings is 2. The van der Waals surface area contributed by atoms with E-state index in [-0.39, 0.29) is 0 Å². The number of halogens is 4. The second kappa shape index (κ2) is 8.89. The lowest BCUT2D eigenvalue weighted by atomic mass is 10.2. The molecule has 0 aromatic heterocycles. The first-order valence-corrected chi connectivity index (χ1v) is 7.99. The molecule has 2 amide bonds. The summed E-state index contributed by atoms with van der Waals surface area (Å²) in [7, 11) is 0. The molecule has 2 aromatic carbocycles. The molecule has 9 heteroatoms. The van der Waals surface area contributed by atoms with Crippen LogP contribution in [-0.4, -0.2) is 18.5 Å². The number of urea groups is 1. The molecular formula is C15H10Cl4N4O. The molecule has 0 atom stereocenters. The van der Waals surface area contributed by atoms with Gasteiger partial charge in [0.2, 0.25) is 0 Å². The Labute approximate surface area is 158 Å². The number of hydrazone groups is 2. The van der Waals surface area contributed by atoms with Crippen LogP contribution in [0.25, 0.3) is 0 Å². The fourth-order valence-corrected chi connectivity index (χ4v) is 2.47. The minimum absolute atomic E-state index is 0.420. The normalized spacial score (nSPS) is 11.2. The highest BCUT2D eigenvalue weighted by molar-refractivity contribution is 6.36. The monoisotopic (exact) mass is 402 g/mol. The van der Waals surface area contributed by atoms with Gasteiger partial charge in [-0.3, -0.25) is 0 Å². The molecule has 2 N–H and O–H groups in total. The van der Waals surface area contributed by atoms with Crippen molar-refractivity contribution in [1.29, 1.82) is 0 Å². The summed E-state index contributed by atoms with van der Waals surface area (Å²) < 4.78 is 0. The third-order valence-electron chi connectivity index (χ3n) is 2.66. The average Bonchev–Trinajstić information content (AvgIpc) is 2.51. The minimum atomic E-state index is -0.627. The first-order chi connectivity index (χ1) is 11.5. The predicted molar refractivity (Wildman–Crippen MR) is 99.8 cm³/mol. The van der Waals surface area contributed by atoms with E-state index in [9.17, 15) is 4.79 Å². The van der Waals surface area contributed by atoms with Gasteiger partial charge >= 0.3 is 6.03 Å². The Hall–Kier alpha value is -1.79. The predicted octanol–water partition coefficient (Wildman–Crippen LogP) is 4.97. The Morgan fingerprint density at radius 2 is 1.21 bits per heavy atom. The van der Waals surface area contributed by atoms with E-state index in [2.05, 4.69) is 21.1 Å². The van der Waals surface area contributed by atoms with Gasteiger partial charge in [-0.2, -0.15) is 10.2 Å². The first-order valence-electron chi connectivity index (χ1n) is 6.48. The molecular weight excluding hydrogens is 394 g/mol. The van der Waals surface area contributed by atoms with Crippen LogP contribution in [0.4, 0.5) is 4.79 Å². The third kappa shape index (κ3) is 5.69. The Morgan fingerprint density at radius 1 is 0.792 bits per heavy atom. The summed E-state index contributed by atoms with van der Waals surface area (Å²) in [5.41, 5.74) is 5.70. The SMILES string of the molecule is O=C(NN=Cc1ccc(Cl)cc1Cl)N/N=C\c1ccc(Cl)cc1Cl. The van der Waals surface area contributed by atoms with E-state index >= 15 is 0 Å². The Morgan fingerprint density at radius 3 is 1.58 bits per heavy atom. The van der Waals surface area contributed by atoms with Crippen LogP contribution in [-0.2, 0) is 0 Å². The van der Waals surface area contributed by atoms with Crippen molar-refractivity contribution in [2.75, 3.05) is 0 Å². The lowest BCUT2D eigenvalue weighted by Gasteiger charge is -2.00. The molecule has 2 aromatic rings. The third-order valence-corrected chi connectivity index (χ3v) is 3.79. The van der Waals surface area contributed by atoms with E-state index in [1.807, 2.05) is 0 Å². The number of nitrogens with one attached hydrogen (secondary N) is 2. The van der Waals surface area contributed by atoms with Gasteiger partial charge in [0.1, 0.15) is 0 Å². The smallest absolute Gasteiger partial charge is 0.245 e. The van der Waals surface area contributed by atoms with E-state index in [1.54, 1.807) is 36.4 Å². The van der Waals surface area contributed by atoms with Crippen LogP contribution in [0.3, 0.4) is 0 Å². The van der Waals surface area contributed by atoms with Crippen LogP contribution in [0.2, 0.25) is 20.1 Å². The highest BCUT2D eigenvalue weighted by atomic mass is 35.5. The van der Waals surface area contributed by atoms with Crippen LogP contribution in [0, 0.1) is 0 Å². The van der Waals surface area contributed by atoms with Gasteiger partial charge in [-0.1, -0.05) is 58.5 Å². The van der Waals surface area contributed by atoms with Gasteiger partial charge in [0.25, 0.3) is 0 Å². The number of rotatable bonds is 4. The molecule has 124 valence electrons. The molecule has 0 fully saturated rings. The average molecular weight is 404 g/mol. The highest BCUT2D eigenvalue weighted by Gasteiger charge is 2.00. The summed E-state index contributed by atoms with van der Waals surface area (Å²) in [6, 6.07) is 9.19. The van der Waals surface area contributed by atoms with Crippen molar-refractivity contribution in [3.05, 3.63) is 67.6 Å². The van der Waals surface area contributed by atoms with Crippen molar-refractivity contribution in [1.82, 2.24) is 10.9 Å². The van der Waals surface area contributed by atoms with Gasteiger partial charge in [-0.25, -0.2) is 15.6 Å². The van der Waals surface area contributed by atoms with Crippen molar-refractivity contribution in [2.45, 2.75) is 0 Å². The zero-order chi connectivity index (χ0) is 17.5. The second-order valence-corrected chi connectivity index (χ2v) is 6.09. The Kier molecular flexibility index (Phi) is 6.87. The van der Waals surface area contributed by atoms with Gasteiger partial charge in [0.05, 0.1) is 22.5 Å². The molecule has 0 spiro atoms. The van der Waals surface area contributed by atoms with Crippen molar-refractivity contribution >= 4 is 64.9 Å². The van der Waals surface area contributed by atoms with Crippen LogP contribution >= 0.6 is 46.4 Å². The van der Waals surface area contributed by atoms with Gasteiger partial charge in [0.15, 0.2) is 0 Å². The Balaban J connectivity index is 1.87.